The Kier molecular flexibility index (Phi) is 2.62. The van der Waals surface area contributed by atoms with E-state index in [1.54, 1.807) is 0 Å². The van der Waals surface area contributed by atoms with Gasteiger partial charge in [0.1, 0.15) is 0 Å². The van der Waals surface area contributed by atoms with Gasteiger partial charge in [-0.05, 0) is 12.1 Å². The van der Waals surface area contributed by atoms with Crippen molar-refractivity contribution in [1.29, 1.82) is 5.26 Å². The van der Waals surface area contributed by atoms with Gasteiger partial charge >= 0.3 is 6.18 Å². The molecule has 0 aromatic heterocycles. The first-order valence-corrected chi connectivity index (χ1v) is 4.02. The van der Waals surface area contributed by atoms with Crippen molar-refractivity contribution in [3.63, 3.8) is 0 Å². The van der Waals surface area contributed by atoms with Crippen molar-refractivity contribution in [1.82, 2.24) is 0 Å². The second-order valence-corrected chi connectivity index (χ2v) is 3.13. The highest BCUT2D eigenvalue weighted by Crippen LogP contribution is 2.36. The Morgan fingerprint density at radius 1 is 1.31 bits per heavy atom. The molecule has 0 fully saturated rings. The van der Waals surface area contributed by atoms with Crippen molar-refractivity contribution >= 4 is 15.9 Å². The third kappa shape index (κ3) is 2.01. The molecule has 0 N–H and O–H groups in total. The molecule has 1 aromatic carbocycles. The molecule has 0 heterocycles. The van der Waals surface area contributed by atoms with Crippen LogP contribution in [0, 0.1) is 11.3 Å². The maximum Gasteiger partial charge on any atom is 0.418 e. The molecule has 0 saturated carbocycles. The lowest BCUT2D eigenvalue weighted by atomic mass is 10.1. The van der Waals surface area contributed by atoms with Gasteiger partial charge in [-0.3, -0.25) is 0 Å². The predicted molar refractivity (Wildman–Crippen MR) is 43.9 cm³/mol. The lowest BCUT2D eigenvalue weighted by molar-refractivity contribution is -0.138. The molecular weight excluding hydrogens is 247 g/mol. The maximum atomic E-state index is 12.3. The van der Waals surface area contributed by atoms with E-state index in [0.29, 0.717) is 0 Å². The highest BCUT2D eigenvalue weighted by Gasteiger charge is 2.35. The Bertz CT molecular complexity index is 365. The van der Waals surface area contributed by atoms with Gasteiger partial charge in [0.2, 0.25) is 0 Å². The van der Waals surface area contributed by atoms with E-state index in [9.17, 15) is 13.2 Å². The van der Waals surface area contributed by atoms with E-state index in [0.717, 1.165) is 6.07 Å². The van der Waals surface area contributed by atoms with Crippen LogP contribution in [0.25, 0.3) is 0 Å². The molecular formula is C8H3BrF3N. The molecule has 13 heavy (non-hydrogen) atoms. The summed E-state index contributed by atoms with van der Waals surface area (Å²) in [6, 6.07) is 5.27. The molecule has 0 aliphatic heterocycles. The lowest BCUT2D eigenvalue weighted by Crippen LogP contribution is -2.08. The fourth-order valence-corrected chi connectivity index (χ4v) is 1.50. The number of hydrogen-bond donors (Lipinski definition) is 0. The van der Waals surface area contributed by atoms with Crippen LogP contribution >= 0.6 is 15.9 Å². The van der Waals surface area contributed by atoms with Gasteiger partial charge in [0.25, 0.3) is 0 Å². The number of halogens is 4. The third-order valence-corrected chi connectivity index (χ3v) is 2.08. The molecule has 1 rings (SSSR count). The van der Waals surface area contributed by atoms with E-state index in [1.165, 1.54) is 18.2 Å². The summed E-state index contributed by atoms with van der Waals surface area (Å²) in [5.41, 5.74) is -1.29. The molecule has 0 bridgehead atoms. The molecule has 5 heteroatoms. The smallest absolute Gasteiger partial charge is 0.192 e. The summed E-state index contributed by atoms with van der Waals surface area (Å²) < 4.78 is 36.8. The van der Waals surface area contributed by atoms with Crippen LogP contribution in [0.5, 0.6) is 0 Å². The largest absolute Gasteiger partial charge is 0.418 e. The first-order valence-electron chi connectivity index (χ1n) is 3.22. The lowest BCUT2D eigenvalue weighted by Gasteiger charge is -2.09. The molecule has 0 saturated heterocycles. The van der Waals surface area contributed by atoms with E-state index in [-0.39, 0.29) is 10.0 Å². The SMILES string of the molecule is N#Cc1cccc(Br)c1C(F)(F)F. The van der Waals surface area contributed by atoms with Crippen LogP contribution in [-0.2, 0) is 6.18 Å². The molecule has 0 amide bonds. The average Bonchev–Trinajstić information content (AvgIpc) is 2.01. The molecule has 1 nitrogen and oxygen atoms in total. The van der Waals surface area contributed by atoms with Crippen LogP contribution in [-0.4, -0.2) is 0 Å². The van der Waals surface area contributed by atoms with Crippen LogP contribution in [0.2, 0.25) is 0 Å². The number of benzene rings is 1. The van der Waals surface area contributed by atoms with Crippen LogP contribution in [0.4, 0.5) is 13.2 Å². The second-order valence-electron chi connectivity index (χ2n) is 2.27. The molecule has 0 aliphatic carbocycles. The second kappa shape index (κ2) is 3.38. The molecule has 0 spiro atoms. The summed E-state index contributed by atoms with van der Waals surface area (Å²) in [5, 5.41) is 8.44. The van der Waals surface area contributed by atoms with Crippen LogP contribution < -0.4 is 0 Å². The molecule has 0 radical (unpaired) electrons. The monoisotopic (exact) mass is 249 g/mol. The first kappa shape index (κ1) is 10.1. The number of nitriles is 1. The zero-order valence-electron chi connectivity index (χ0n) is 6.19. The molecule has 68 valence electrons. The zero-order valence-corrected chi connectivity index (χ0v) is 7.78. The maximum absolute atomic E-state index is 12.3. The summed E-state index contributed by atoms with van der Waals surface area (Å²) in [5.74, 6) is 0. The predicted octanol–water partition coefficient (Wildman–Crippen LogP) is 3.34. The molecule has 0 aliphatic rings. The van der Waals surface area contributed by atoms with Crippen molar-refractivity contribution < 1.29 is 13.2 Å². The normalized spacial score (nSPS) is 11.0. The van der Waals surface area contributed by atoms with Crippen molar-refractivity contribution in [3.8, 4) is 6.07 Å². The summed E-state index contributed by atoms with van der Waals surface area (Å²) in [4.78, 5) is 0. The standard InChI is InChI=1S/C8H3BrF3N/c9-6-3-1-2-5(4-13)7(6)8(10,11)12/h1-3H. The number of alkyl halides is 3. The van der Waals surface area contributed by atoms with E-state index >= 15 is 0 Å². The van der Waals surface area contributed by atoms with Crippen molar-refractivity contribution in [2.45, 2.75) is 6.18 Å². The third-order valence-electron chi connectivity index (χ3n) is 1.42. The Balaban J connectivity index is 3.43. The highest BCUT2D eigenvalue weighted by molar-refractivity contribution is 9.10. The van der Waals surface area contributed by atoms with Gasteiger partial charge in [0.05, 0.1) is 17.2 Å². The van der Waals surface area contributed by atoms with Crippen LogP contribution in [0.15, 0.2) is 22.7 Å². The Labute approximate surface area is 80.9 Å². The summed E-state index contributed by atoms with van der Waals surface area (Å²) in [6.45, 7) is 0. The van der Waals surface area contributed by atoms with Crippen molar-refractivity contribution in [2.75, 3.05) is 0 Å². The van der Waals surface area contributed by atoms with Gasteiger partial charge in [0.15, 0.2) is 0 Å². The summed E-state index contributed by atoms with van der Waals surface area (Å²) in [6.07, 6.45) is -4.49. The van der Waals surface area contributed by atoms with Crippen molar-refractivity contribution in [2.24, 2.45) is 0 Å². The zero-order chi connectivity index (χ0) is 10.1. The first-order chi connectivity index (χ1) is 5.96. The minimum Gasteiger partial charge on any atom is -0.192 e. The van der Waals surface area contributed by atoms with Gasteiger partial charge in [-0.15, -0.1) is 0 Å². The van der Waals surface area contributed by atoms with Crippen LogP contribution in [0.1, 0.15) is 11.1 Å². The minimum atomic E-state index is -4.49. The fourth-order valence-electron chi connectivity index (χ4n) is 0.905. The Hall–Kier alpha value is -1.02. The van der Waals surface area contributed by atoms with Gasteiger partial charge < -0.3 is 0 Å². The van der Waals surface area contributed by atoms with Crippen molar-refractivity contribution in [3.05, 3.63) is 33.8 Å². The molecule has 0 unspecified atom stereocenters. The number of hydrogen-bond acceptors (Lipinski definition) is 1. The summed E-state index contributed by atoms with van der Waals surface area (Å²) >= 11 is 2.75. The van der Waals surface area contributed by atoms with E-state index in [4.69, 9.17) is 5.26 Å². The van der Waals surface area contributed by atoms with Gasteiger partial charge in [-0.2, -0.15) is 18.4 Å². The molecule has 1 aromatic rings. The quantitative estimate of drug-likeness (QED) is 0.692. The summed E-state index contributed by atoms with van der Waals surface area (Å²) in [7, 11) is 0. The van der Waals surface area contributed by atoms with Gasteiger partial charge in [-0.25, -0.2) is 0 Å². The fraction of sp³-hybridized carbons (Fsp3) is 0.125. The minimum absolute atomic E-state index is 0.112. The van der Waals surface area contributed by atoms with Gasteiger partial charge in [0, 0.05) is 4.47 Å². The van der Waals surface area contributed by atoms with E-state index in [1.807, 2.05) is 0 Å². The van der Waals surface area contributed by atoms with E-state index < -0.39 is 11.7 Å². The Morgan fingerprint density at radius 3 is 2.31 bits per heavy atom. The topological polar surface area (TPSA) is 23.8 Å². The molecule has 0 atom stereocenters. The number of rotatable bonds is 0. The Morgan fingerprint density at radius 2 is 1.92 bits per heavy atom. The van der Waals surface area contributed by atoms with Crippen LogP contribution in [0.3, 0.4) is 0 Å². The van der Waals surface area contributed by atoms with E-state index in [2.05, 4.69) is 15.9 Å². The number of nitrogens with zero attached hydrogens (tertiary/aromatic N) is 1. The average molecular weight is 250 g/mol. The highest BCUT2D eigenvalue weighted by atomic mass is 79.9. The van der Waals surface area contributed by atoms with Gasteiger partial charge in [-0.1, -0.05) is 22.0 Å².